The number of carbonyl (C=O) groups is 2. The van der Waals surface area contributed by atoms with Gasteiger partial charge in [-0.1, -0.05) is 19.1 Å². The highest BCUT2D eigenvalue weighted by molar-refractivity contribution is 5.94. The van der Waals surface area contributed by atoms with Crippen LogP contribution in [-0.2, 0) is 16.1 Å². The second kappa shape index (κ2) is 10.5. The van der Waals surface area contributed by atoms with Crippen LogP contribution in [0.5, 0.6) is 0 Å². The Bertz CT molecular complexity index is 584. The maximum absolute atomic E-state index is 12.6. The lowest BCUT2D eigenvalue weighted by molar-refractivity contribution is -0.124. The minimum Gasteiger partial charge on any atom is -0.372 e. The van der Waals surface area contributed by atoms with Gasteiger partial charge in [-0.05, 0) is 38.6 Å². The first kappa shape index (κ1) is 22.4. The van der Waals surface area contributed by atoms with Crippen molar-refractivity contribution in [1.82, 2.24) is 15.5 Å². The molecule has 1 saturated heterocycles. The maximum atomic E-state index is 12.6. The van der Waals surface area contributed by atoms with E-state index >= 15 is 0 Å². The van der Waals surface area contributed by atoms with E-state index in [-0.39, 0.29) is 42.3 Å². The SMILES string of the molecule is CNCC(C)C(=O)NCc1ccc(C(=O)N2CC(C)OC(C)C2)cc1.Cl. The van der Waals surface area contributed by atoms with Crippen molar-refractivity contribution in [3.63, 3.8) is 0 Å². The van der Waals surface area contributed by atoms with Crippen LogP contribution in [0.3, 0.4) is 0 Å². The largest absolute Gasteiger partial charge is 0.372 e. The van der Waals surface area contributed by atoms with Gasteiger partial charge in [0.1, 0.15) is 0 Å². The van der Waals surface area contributed by atoms with Crippen LogP contribution in [0, 0.1) is 5.92 Å². The van der Waals surface area contributed by atoms with Crippen molar-refractivity contribution < 1.29 is 14.3 Å². The monoisotopic (exact) mass is 383 g/mol. The number of nitrogens with one attached hydrogen (secondary N) is 2. The van der Waals surface area contributed by atoms with E-state index in [0.29, 0.717) is 31.7 Å². The number of morpholine rings is 1. The smallest absolute Gasteiger partial charge is 0.254 e. The lowest BCUT2D eigenvalue weighted by Crippen LogP contribution is -2.48. The highest BCUT2D eigenvalue weighted by atomic mass is 35.5. The molecule has 0 bridgehead atoms. The fourth-order valence-electron chi connectivity index (χ4n) is 3.05. The topological polar surface area (TPSA) is 70.7 Å². The van der Waals surface area contributed by atoms with Crippen molar-refractivity contribution >= 4 is 24.2 Å². The summed E-state index contributed by atoms with van der Waals surface area (Å²) in [5.41, 5.74) is 1.64. The molecule has 1 heterocycles. The number of halogens is 1. The molecule has 1 fully saturated rings. The van der Waals surface area contributed by atoms with Gasteiger partial charge in [-0.2, -0.15) is 0 Å². The van der Waals surface area contributed by atoms with Gasteiger partial charge in [0.05, 0.1) is 12.2 Å². The van der Waals surface area contributed by atoms with Crippen LogP contribution in [0.2, 0.25) is 0 Å². The number of carbonyl (C=O) groups excluding carboxylic acids is 2. The van der Waals surface area contributed by atoms with Crippen molar-refractivity contribution in [3.8, 4) is 0 Å². The highest BCUT2D eigenvalue weighted by Gasteiger charge is 2.26. The Balaban J connectivity index is 0.00000338. The summed E-state index contributed by atoms with van der Waals surface area (Å²) in [7, 11) is 1.83. The van der Waals surface area contributed by atoms with Crippen molar-refractivity contribution in [2.45, 2.75) is 39.5 Å². The molecule has 0 aliphatic carbocycles. The first-order chi connectivity index (χ1) is 11.9. The quantitative estimate of drug-likeness (QED) is 0.786. The van der Waals surface area contributed by atoms with E-state index in [2.05, 4.69) is 10.6 Å². The van der Waals surface area contributed by atoms with Crippen molar-refractivity contribution in [2.75, 3.05) is 26.7 Å². The summed E-state index contributed by atoms with van der Waals surface area (Å²) in [5, 5.41) is 5.91. The predicted octanol–water partition coefficient (Wildman–Crippen LogP) is 1.83. The Morgan fingerprint density at radius 2 is 1.77 bits per heavy atom. The third-order valence-electron chi connectivity index (χ3n) is 4.33. The van der Waals surface area contributed by atoms with Crippen LogP contribution in [0.15, 0.2) is 24.3 Å². The molecule has 0 saturated carbocycles. The number of ether oxygens (including phenoxy) is 1. The summed E-state index contributed by atoms with van der Waals surface area (Å²) >= 11 is 0. The Morgan fingerprint density at radius 1 is 1.19 bits per heavy atom. The molecule has 1 aromatic carbocycles. The van der Waals surface area contributed by atoms with E-state index < -0.39 is 0 Å². The van der Waals surface area contributed by atoms with E-state index in [4.69, 9.17) is 4.74 Å². The summed E-state index contributed by atoms with van der Waals surface area (Å²) in [6.45, 7) is 8.20. The number of hydrogen-bond acceptors (Lipinski definition) is 4. The van der Waals surface area contributed by atoms with Crippen LogP contribution in [0.25, 0.3) is 0 Å². The zero-order valence-corrected chi connectivity index (χ0v) is 16.8. The summed E-state index contributed by atoms with van der Waals surface area (Å²) in [5.74, 6) is -0.0258. The first-order valence-electron chi connectivity index (χ1n) is 8.86. The lowest BCUT2D eigenvalue weighted by atomic mass is 10.1. The number of benzene rings is 1. The Labute approximate surface area is 162 Å². The van der Waals surface area contributed by atoms with E-state index in [0.717, 1.165) is 5.56 Å². The molecule has 1 aliphatic rings. The molecule has 3 unspecified atom stereocenters. The van der Waals surface area contributed by atoms with Gasteiger partial charge in [-0.3, -0.25) is 9.59 Å². The molecule has 146 valence electrons. The molecule has 2 rings (SSSR count). The zero-order valence-electron chi connectivity index (χ0n) is 16.0. The van der Waals surface area contributed by atoms with Gasteiger partial charge >= 0.3 is 0 Å². The normalized spacial score (nSPS) is 20.8. The first-order valence-corrected chi connectivity index (χ1v) is 8.86. The molecular formula is C19H30ClN3O3. The van der Waals surface area contributed by atoms with Gasteiger partial charge in [-0.25, -0.2) is 0 Å². The van der Waals surface area contributed by atoms with Gasteiger partial charge in [0.15, 0.2) is 0 Å². The van der Waals surface area contributed by atoms with Gasteiger partial charge in [0.25, 0.3) is 5.91 Å². The molecule has 0 aromatic heterocycles. The van der Waals surface area contributed by atoms with Crippen LogP contribution in [0.4, 0.5) is 0 Å². The van der Waals surface area contributed by atoms with Crippen molar-refractivity contribution in [2.24, 2.45) is 5.92 Å². The van der Waals surface area contributed by atoms with Crippen LogP contribution in [0.1, 0.15) is 36.7 Å². The second-order valence-electron chi connectivity index (χ2n) is 6.84. The Hall–Kier alpha value is -1.63. The average Bonchev–Trinajstić information content (AvgIpc) is 2.58. The molecule has 26 heavy (non-hydrogen) atoms. The fraction of sp³-hybridized carbons (Fsp3) is 0.579. The summed E-state index contributed by atoms with van der Waals surface area (Å²) in [4.78, 5) is 26.4. The van der Waals surface area contributed by atoms with E-state index in [1.165, 1.54) is 0 Å². The van der Waals surface area contributed by atoms with Crippen LogP contribution in [-0.4, -0.2) is 55.6 Å². The third kappa shape index (κ3) is 6.27. The maximum Gasteiger partial charge on any atom is 0.254 e. The second-order valence-corrected chi connectivity index (χ2v) is 6.84. The molecular weight excluding hydrogens is 354 g/mol. The third-order valence-corrected chi connectivity index (χ3v) is 4.33. The molecule has 1 aliphatic heterocycles. The Kier molecular flexibility index (Phi) is 9.05. The minimum absolute atomic E-state index is 0. The lowest BCUT2D eigenvalue weighted by Gasteiger charge is -2.35. The van der Waals surface area contributed by atoms with Crippen molar-refractivity contribution in [1.29, 1.82) is 0 Å². The van der Waals surface area contributed by atoms with Crippen LogP contribution < -0.4 is 10.6 Å². The molecule has 0 radical (unpaired) electrons. The Morgan fingerprint density at radius 3 is 2.31 bits per heavy atom. The molecule has 2 amide bonds. The molecule has 2 N–H and O–H groups in total. The number of rotatable bonds is 6. The van der Waals surface area contributed by atoms with Gasteiger partial charge in [0.2, 0.25) is 5.91 Å². The van der Waals surface area contributed by atoms with E-state index in [1.807, 2.05) is 57.0 Å². The van der Waals surface area contributed by atoms with Crippen LogP contribution >= 0.6 is 12.4 Å². The number of amides is 2. The highest BCUT2D eigenvalue weighted by Crippen LogP contribution is 2.15. The standard InChI is InChI=1S/C19H29N3O3.ClH/c1-13(9-20-4)18(23)21-10-16-5-7-17(8-6-16)19(24)22-11-14(2)25-15(3)12-22;/h5-8,13-15,20H,9-12H2,1-4H3,(H,21,23);1H. The fourth-order valence-corrected chi connectivity index (χ4v) is 3.05. The molecule has 7 heteroatoms. The molecule has 1 aromatic rings. The minimum atomic E-state index is -0.0730. The van der Waals surface area contributed by atoms with E-state index in [9.17, 15) is 9.59 Å². The van der Waals surface area contributed by atoms with E-state index in [1.54, 1.807) is 0 Å². The average molecular weight is 384 g/mol. The molecule has 6 nitrogen and oxygen atoms in total. The van der Waals surface area contributed by atoms with Crippen molar-refractivity contribution in [3.05, 3.63) is 35.4 Å². The molecule has 0 spiro atoms. The molecule has 3 atom stereocenters. The zero-order chi connectivity index (χ0) is 18.4. The van der Waals surface area contributed by atoms with Gasteiger partial charge in [-0.15, -0.1) is 12.4 Å². The summed E-state index contributed by atoms with van der Waals surface area (Å²) < 4.78 is 5.67. The van der Waals surface area contributed by atoms with Gasteiger partial charge in [0, 0.05) is 37.7 Å². The van der Waals surface area contributed by atoms with Gasteiger partial charge < -0.3 is 20.3 Å². The predicted molar refractivity (Wildman–Crippen MR) is 105 cm³/mol. The summed E-state index contributed by atoms with van der Waals surface area (Å²) in [6, 6.07) is 7.43. The number of hydrogen-bond donors (Lipinski definition) is 2. The summed E-state index contributed by atoms with van der Waals surface area (Å²) in [6.07, 6.45) is 0.114. The number of nitrogens with zero attached hydrogens (tertiary/aromatic N) is 1.